The Morgan fingerprint density at radius 3 is 2.25 bits per heavy atom. The Labute approximate surface area is 167 Å². The summed E-state index contributed by atoms with van der Waals surface area (Å²) in [5.74, 6) is 0.196. The molecule has 2 rings (SSSR count). The third-order valence-corrected chi connectivity index (χ3v) is 4.56. The molecule has 2 N–H and O–H groups in total. The number of rotatable bonds is 8. The number of ether oxygens (including phenoxy) is 1. The molecule has 0 saturated carbocycles. The fourth-order valence-corrected chi connectivity index (χ4v) is 2.89. The largest absolute Gasteiger partial charge is 0.481 e. The molecule has 0 fully saturated rings. The molecule has 0 spiro atoms. The van der Waals surface area contributed by atoms with Gasteiger partial charge in [-0.15, -0.1) is 0 Å². The van der Waals surface area contributed by atoms with Gasteiger partial charge in [0.15, 0.2) is 6.10 Å². The minimum atomic E-state index is -0.646. The van der Waals surface area contributed by atoms with E-state index in [2.05, 4.69) is 16.7 Å². The van der Waals surface area contributed by atoms with Crippen LogP contribution >= 0.6 is 0 Å². The Morgan fingerprint density at radius 1 is 1.00 bits per heavy atom. The number of nitrogens with one attached hydrogen (secondary N) is 2. The predicted molar refractivity (Wildman–Crippen MR) is 113 cm³/mol. The summed E-state index contributed by atoms with van der Waals surface area (Å²) in [7, 11) is 0. The highest BCUT2D eigenvalue weighted by molar-refractivity contribution is 6.04. The first-order valence-corrected chi connectivity index (χ1v) is 9.79. The van der Waals surface area contributed by atoms with Gasteiger partial charge < -0.3 is 15.4 Å². The van der Waals surface area contributed by atoms with Crippen LogP contribution in [0.25, 0.3) is 0 Å². The summed E-state index contributed by atoms with van der Waals surface area (Å²) in [5.41, 5.74) is 3.09. The molecule has 0 aromatic heterocycles. The SMILES string of the molecule is CCC(C)NC(=O)c1ccccc1NC(=O)C(CC)Oc1cc(C)cc(C)c1. The van der Waals surface area contributed by atoms with Crippen molar-refractivity contribution in [3.8, 4) is 5.75 Å². The molecule has 0 heterocycles. The van der Waals surface area contributed by atoms with Gasteiger partial charge >= 0.3 is 0 Å². The summed E-state index contributed by atoms with van der Waals surface area (Å²) < 4.78 is 5.93. The van der Waals surface area contributed by atoms with Crippen LogP contribution < -0.4 is 15.4 Å². The van der Waals surface area contributed by atoms with Crippen molar-refractivity contribution in [2.75, 3.05) is 5.32 Å². The van der Waals surface area contributed by atoms with Crippen LogP contribution in [0.15, 0.2) is 42.5 Å². The Bertz CT molecular complexity index is 812. The minimum Gasteiger partial charge on any atom is -0.481 e. The van der Waals surface area contributed by atoms with Crippen molar-refractivity contribution in [3.63, 3.8) is 0 Å². The number of hydrogen-bond acceptors (Lipinski definition) is 3. The standard InChI is InChI=1S/C23H30N2O3/c1-6-17(5)24-22(26)19-10-8-9-11-20(19)25-23(27)21(7-2)28-18-13-15(3)12-16(4)14-18/h8-14,17,21H,6-7H2,1-5H3,(H,24,26)(H,25,27). The highest BCUT2D eigenvalue weighted by Gasteiger charge is 2.21. The average molecular weight is 383 g/mol. The summed E-state index contributed by atoms with van der Waals surface area (Å²) in [6.07, 6.45) is 0.703. The van der Waals surface area contributed by atoms with E-state index in [9.17, 15) is 9.59 Å². The summed E-state index contributed by atoms with van der Waals surface area (Å²) in [6.45, 7) is 9.84. The zero-order valence-corrected chi connectivity index (χ0v) is 17.3. The maximum atomic E-state index is 12.8. The van der Waals surface area contributed by atoms with Crippen LogP contribution in [0.3, 0.4) is 0 Å². The highest BCUT2D eigenvalue weighted by atomic mass is 16.5. The molecule has 2 atom stereocenters. The van der Waals surface area contributed by atoms with Crippen LogP contribution in [-0.4, -0.2) is 24.0 Å². The van der Waals surface area contributed by atoms with E-state index in [1.165, 1.54) is 0 Å². The Kier molecular flexibility index (Phi) is 7.61. The number of anilines is 1. The molecule has 150 valence electrons. The Balaban J connectivity index is 2.15. The second-order valence-corrected chi connectivity index (χ2v) is 7.16. The van der Waals surface area contributed by atoms with Gasteiger partial charge in [0.1, 0.15) is 5.75 Å². The average Bonchev–Trinajstić information content (AvgIpc) is 2.65. The van der Waals surface area contributed by atoms with Crippen molar-refractivity contribution >= 4 is 17.5 Å². The van der Waals surface area contributed by atoms with Gasteiger partial charge in [0.25, 0.3) is 11.8 Å². The van der Waals surface area contributed by atoms with Crippen molar-refractivity contribution in [3.05, 3.63) is 59.2 Å². The summed E-state index contributed by atoms with van der Waals surface area (Å²) in [6, 6.07) is 13.0. The van der Waals surface area contributed by atoms with E-state index in [0.717, 1.165) is 17.5 Å². The van der Waals surface area contributed by atoms with Crippen LogP contribution in [-0.2, 0) is 4.79 Å². The molecule has 0 radical (unpaired) electrons. The fraction of sp³-hybridized carbons (Fsp3) is 0.391. The lowest BCUT2D eigenvalue weighted by Gasteiger charge is -2.19. The zero-order chi connectivity index (χ0) is 20.7. The van der Waals surface area contributed by atoms with Crippen LogP contribution in [0, 0.1) is 13.8 Å². The van der Waals surface area contributed by atoms with E-state index in [-0.39, 0.29) is 17.9 Å². The van der Waals surface area contributed by atoms with Gasteiger partial charge in [0.2, 0.25) is 0 Å². The van der Waals surface area contributed by atoms with E-state index in [0.29, 0.717) is 23.4 Å². The molecule has 5 nitrogen and oxygen atoms in total. The maximum absolute atomic E-state index is 12.8. The van der Waals surface area contributed by atoms with Crippen molar-refractivity contribution < 1.29 is 14.3 Å². The van der Waals surface area contributed by atoms with E-state index >= 15 is 0 Å². The fourth-order valence-electron chi connectivity index (χ4n) is 2.89. The first-order valence-electron chi connectivity index (χ1n) is 9.79. The summed E-state index contributed by atoms with van der Waals surface area (Å²) in [5, 5.41) is 5.79. The second-order valence-electron chi connectivity index (χ2n) is 7.16. The van der Waals surface area contributed by atoms with Gasteiger partial charge in [-0.05, 0) is 69.0 Å². The lowest BCUT2D eigenvalue weighted by atomic mass is 10.1. The number of carbonyl (C=O) groups excluding carboxylic acids is 2. The molecule has 2 aromatic carbocycles. The molecule has 0 saturated heterocycles. The Hall–Kier alpha value is -2.82. The third kappa shape index (κ3) is 5.84. The lowest BCUT2D eigenvalue weighted by Crippen LogP contribution is -2.35. The molecule has 2 aromatic rings. The number of aryl methyl sites for hydroxylation is 2. The molecule has 0 aliphatic heterocycles. The quantitative estimate of drug-likeness (QED) is 0.699. The van der Waals surface area contributed by atoms with Crippen LogP contribution in [0.5, 0.6) is 5.75 Å². The molecule has 2 unspecified atom stereocenters. The molecular weight excluding hydrogens is 352 g/mol. The van der Waals surface area contributed by atoms with E-state index < -0.39 is 6.10 Å². The number of hydrogen-bond donors (Lipinski definition) is 2. The van der Waals surface area contributed by atoms with Crippen molar-refractivity contribution in [1.82, 2.24) is 5.32 Å². The van der Waals surface area contributed by atoms with E-state index in [1.807, 2.05) is 46.8 Å². The topological polar surface area (TPSA) is 67.4 Å². The van der Waals surface area contributed by atoms with Crippen LogP contribution in [0.2, 0.25) is 0 Å². The molecule has 0 aliphatic carbocycles. The monoisotopic (exact) mass is 382 g/mol. The minimum absolute atomic E-state index is 0.0625. The van der Waals surface area contributed by atoms with Crippen molar-refractivity contribution in [1.29, 1.82) is 0 Å². The zero-order valence-electron chi connectivity index (χ0n) is 17.3. The summed E-state index contributed by atoms with van der Waals surface area (Å²) in [4.78, 5) is 25.3. The first kappa shape index (κ1) is 21.5. The second kappa shape index (κ2) is 9.93. The molecule has 0 bridgehead atoms. The van der Waals surface area contributed by atoms with Crippen LogP contribution in [0.1, 0.15) is 55.1 Å². The number of amides is 2. The molecule has 2 amide bonds. The first-order chi connectivity index (χ1) is 13.3. The smallest absolute Gasteiger partial charge is 0.265 e. The number of benzene rings is 2. The maximum Gasteiger partial charge on any atom is 0.265 e. The lowest BCUT2D eigenvalue weighted by molar-refractivity contribution is -0.122. The van der Waals surface area contributed by atoms with Gasteiger partial charge in [-0.25, -0.2) is 0 Å². The highest BCUT2D eigenvalue weighted by Crippen LogP contribution is 2.20. The molecule has 5 heteroatoms. The normalized spacial score (nSPS) is 12.8. The molecular formula is C23H30N2O3. The summed E-state index contributed by atoms with van der Waals surface area (Å²) >= 11 is 0. The van der Waals surface area contributed by atoms with Gasteiger partial charge in [-0.2, -0.15) is 0 Å². The van der Waals surface area contributed by atoms with E-state index in [1.54, 1.807) is 24.3 Å². The predicted octanol–water partition coefficient (Wildman–Crippen LogP) is 4.63. The van der Waals surface area contributed by atoms with Gasteiger partial charge in [-0.1, -0.05) is 32.0 Å². The van der Waals surface area contributed by atoms with E-state index in [4.69, 9.17) is 4.74 Å². The Morgan fingerprint density at radius 2 is 1.64 bits per heavy atom. The van der Waals surface area contributed by atoms with Crippen LogP contribution in [0.4, 0.5) is 5.69 Å². The number of carbonyl (C=O) groups is 2. The van der Waals surface area contributed by atoms with Crippen molar-refractivity contribution in [2.45, 2.75) is 59.6 Å². The molecule has 28 heavy (non-hydrogen) atoms. The molecule has 0 aliphatic rings. The third-order valence-electron chi connectivity index (χ3n) is 4.56. The van der Waals surface area contributed by atoms with Crippen molar-refractivity contribution in [2.24, 2.45) is 0 Å². The van der Waals surface area contributed by atoms with Gasteiger partial charge in [0.05, 0.1) is 11.3 Å². The van der Waals surface area contributed by atoms with Gasteiger partial charge in [0, 0.05) is 6.04 Å². The number of para-hydroxylation sites is 1. The van der Waals surface area contributed by atoms with Gasteiger partial charge in [-0.3, -0.25) is 9.59 Å².